The lowest BCUT2D eigenvalue weighted by Crippen LogP contribution is -2.40. The van der Waals surface area contributed by atoms with Gasteiger partial charge in [0.25, 0.3) is 0 Å². The maximum absolute atomic E-state index is 10.5. The van der Waals surface area contributed by atoms with Gasteiger partial charge in [0.05, 0.1) is 0 Å². The fourth-order valence-corrected chi connectivity index (χ4v) is 4.83. The van der Waals surface area contributed by atoms with E-state index in [9.17, 15) is 5.11 Å². The maximum Gasteiger partial charge on any atom is 0.161 e. The van der Waals surface area contributed by atoms with Crippen LogP contribution in [0.25, 0.3) is 10.9 Å². The van der Waals surface area contributed by atoms with Crippen molar-refractivity contribution < 1.29 is 14.6 Å². The minimum Gasteiger partial charge on any atom is -0.487 e. The largest absolute Gasteiger partial charge is 0.487 e. The number of H-pyrrole nitrogens is 1. The van der Waals surface area contributed by atoms with E-state index >= 15 is 0 Å². The summed E-state index contributed by atoms with van der Waals surface area (Å²) in [6, 6.07) is 14.2. The van der Waals surface area contributed by atoms with Crippen molar-refractivity contribution in [3.05, 3.63) is 66.9 Å². The van der Waals surface area contributed by atoms with Crippen molar-refractivity contribution >= 4 is 22.7 Å². The quantitative estimate of drug-likeness (QED) is 0.332. The molecule has 1 unspecified atom stereocenters. The molecule has 2 N–H and O–H groups in total. The molecular weight excluding hydrogens is 420 g/mol. The number of hydrogen-bond donors (Lipinski definition) is 2. The van der Waals surface area contributed by atoms with Crippen LogP contribution >= 0.6 is 11.8 Å². The first-order valence-corrected chi connectivity index (χ1v) is 12.4. The number of likely N-dealkylation sites (tertiary alicyclic amines) is 1. The summed E-state index contributed by atoms with van der Waals surface area (Å²) in [6.07, 6.45) is 7.65. The highest BCUT2D eigenvalue weighted by molar-refractivity contribution is 7.98. The van der Waals surface area contributed by atoms with Crippen molar-refractivity contribution in [1.82, 2.24) is 9.88 Å². The Balaban J connectivity index is 1.27. The zero-order valence-corrected chi connectivity index (χ0v) is 19.4. The minimum absolute atomic E-state index is 0.245. The Hall–Kier alpha value is -2.41. The van der Waals surface area contributed by atoms with E-state index in [0.717, 1.165) is 25.9 Å². The molecule has 6 heteroatoms. The maximum atomic E-state index is 10.5. The van der Waals surface area contributed by atoms with Crippen molar-refractivity contribution in [3.63, 3.8) is 0 Å². The van der Waals surface area contributed by atoms with Gasteiger partial charge in [-0.2, -0.15) is 0 Å². The molecule has 1 aromatic heterocycles. The number of rotatable bonds is 10. The lowest BCUT2D eigenvalue weighted by molar-refractivity contribution is 0.0585. The molecular formula is C26H32N2O3S. The standard InChI is InChI=1S/C26H32N2O3S/c1-3-14-30-25-6-4-5-7-26(25)31-18-20(29)17-28-12-10-19(11-13-28)23-16-27-24-15-21(32-2)8-9-22(23)24/h3-9,15-16,19-20,27,29H,1,10-14,17-18H2,2H3. The summed E-state index contributed by atoms with van der Waals surface area (Å²) in [5, 5.41) is 11.9. The first-order chi connectivity index (χ1) is 15.7. The molecule has 4 rings (SSSR count). The number of aromatic nitrogens is 1. The average Bonchev–Trinajstić information content (AvgIpc) is 3.25. The van der Waals surface area contributed by atoms with Gasteiger partial charge in [-0.3, -0.25) is 0 Å². The smallest absolute Gasteiger partial charge is 0.161 e. The molecule has 0 bridgehead atoms. The highest BCUT2D eigenvalue weighted by Crippen LogP contribution is 2.34. The van der Waals surface area contributed by atoms with E-state index in [1.54, 1.807) is 17.8 Å². The van der Waals surface area contributed by atoms with Crippen molar-refractivity contribution in [2.24, 2.45) is 0 Å². The van der Waals surface area contributed by atoms with Gasteiger partial charge in [-0.05, 0) is 67.9 Å². The molecule has 170 valence electrons. The molecule has 2 heterocycles. The molecule has 1 aliphatic heterocycles. The Bertz CT molecular complexity index is 1030. The van der Waals surface area contributed by atoms with E-state index in [-0.39, 0.29) is 6.61 Å². The number of aliphatic hydroxyl groups excluding tert-OH is 1. The number of β-amino-alcohol motifs (C(OH)–C–C–N with tert-alkyl or cyclic N) is 1. The van der Waals surface area contributed by atoms with E-state index < -0.39 is 6.10 Å². The van der Waals surface area contributed by atoms with E-state index in [1.807, 2.05) is 24.3 Å². The monoisotopic (exact) mass is 452 g/mol. The second-order valence-corrected chi connectivity index (χ2v) is 9.12. The van der Waals surface area contributed by atoms with Crippen LogP contribution in [0.1, 0.15) is 24.3 Å². The molecule has 3 aromatic rings. The SMILES string of the molecule is C=CCOc1ccccc1OCC(O)CN1CCC(c2c[nH]c3cc(SC)ccc23)CC1. The number of piperidine rings is 1. The number of nitrogens with zero attached hydrogens (tertiary/aromatic N) is 1. The molecule has 2 aromatic carbocycles. The van der Waals surface area contributed by atoms with Crippen molar-refractivity contribution in [1.29, 1.82) is 0 Å². The van der Waals surface area contributed by atoms with Gasteiger partial charge >= 0.3 is 0 Å². The third kappa shape index (κ3) is 5.49. The van der Waals surface area contributed by atoms with E-state index in [1.165, 1.54) is 21.4 Å². The van der Waals surface area contributed by atoms with Crippen molar-refractivity contribution in [2.45, 2.75) is 29.8 Å². The van der Waals surface area contributed by atoms with Gasteiger partial charge in [0.2, 0.25) is 0 Å². The molecule has 0 saturated carbocycles. The van der Waals surface area contributed by atoms with Crippen LogP contribution in [-0.2, 0) is 0 Å². The Morgan fingerprint density at radius 1 is 1.19 bits per heavy atom. The number of benzene rings is 2. The highest BCUT2D eigenvalue weighted by Gasteiger charge is 2.24. The Morgan fingerprint density at radius 2 is 1.94 bits per heavy atom. The van der Waals surface area contributed by atoms with Crippen LogP contribution in [0.4, 0.5) is 0 Å². The molecule has 0 amide bonds. The zero-order chi connectivity index (χ0) is 22.3. The minimum atomic E-state index is -0.544. The van der Waals surface area contributed by atoms with Crippen LogP contribution in [-0.4, -0.2) is 60.2 Å². The van der Waals surface area contributed by atoms with Gasteiger partial charge in [0.15, 0.2) is 11.5 Å². The van der Waals surface area contributed by atoms with Gasteiger partial charge in [-0.15, -0.1) is 11.8 Å². The number of hydrogen-bond acceptors (Lipinski definition) is 5. The van der Waals surface area contributed by atoms with Crippen LogP contribution in [0.3, 0.4) is 0 Å². The Kier molecular flexibility index (Phi) is 7.79. The predicted molar refractivity (Wildman–Crippen MR) is 132 cm³/mol. The number of thioether (sulfide) groups is 1. The van der Waals surface area contributed by atoms with Crippen LogP contribution in [0.5, 0.6) is 11.5 Å². The molecule has 0 spiro atoms. The summed E-state index contributed by atoms with van der Waals surface area (Å²) in [5.41, 5.74) is 2.64. The molecule has 5 nitrogen and oxygen atoms in total. The summed E-state index contributed by atoms with van der Waals surface area (Å²) >= 11 is 1.77. The summed E-state index contributed by atoms with van der Waals surface area (Å²) in [5.74, 6) is 1.88. The Morgan fingerprint density at radius 3 is 2.66 bits per heavy atom. The molecule has 1 saturated heterocycles. The highest BCUT2D eigenvalue weighted by atomic mass is 32.2. The third-order valence-electron chi connectivity index (χ3n) is 6.05. The van der Waals surface area contributed by atoms with E-state index in [2.05, 4.69) is 47.1 Å². The van der Waals surface area contributed by atoms with Gasteiger partial charge in [-0.1, -0.05) is 30.9 Å². The van der Waals surface area contributed by atoms with Crippen molar-refractivity contribution in [2.75, 3.05) is 39.1 Å². The molecule has 0 radical (unpaired) electrons. The third-order valence-corrected chi connectivity index (χ3v) is 6.78. The van der Waals surface area contributed by atoms with Crippen molar-refractivity contribution in [3.8, 4) is 11.5 Å². The van der Waals surface area contributed by atoms with Gasteiger partial charge in [-0.25, -0.2) is 0 Å². The van der Waals surface area contributed by atoms with Gasteiger partial charge in [0, 0.05) is 28.5 Å². The van der Waals surface area contributed by atoms with Crippen LogP contribution in [0.2, 0.25) is 0 Å². The summed E-state index contributed by atoms with van der Waals surface area (Å²) in [4.78, 5) is 7.08. The van der Waals surface area contributed by atoms with Gasteiger partial charge in [0.1, 0.15) is 19.3 Å². The lowest BCUT2D eigenvalue weighted by atomic mass is 9.89. The Labute approximate surface area is 194 Å². The number of fused-ring (bicyclic) bond motifs is 1. The van der Waals surface area contributed by atoms with E-state index in [4.69, 9.17) is 9.47 Å². The first kappa shape index (κ1) is 22.8. The molecule has 0 aliphatic carbocycles. The lowest BCUT2D eigenvalue weighted by Gasteiger charge is -2.33. The van der Waals surface area contributed by atoms with E-state index in [0.29, 0.717) is 30.6 Å². The number of aromatic amines is 1. The summed E-state index contributed by atoms with van der Waals surface area (Å²) in [7, 11) is 0. The topological polar surface area (TPSA) is 57.7 Å². The molecule has 1 atom stereocenters. The van der Waals surface area contributed by atoms with Crippen LogP contribution in [0.15, 0.2) is 66.2 Å². The fraction of sp³-hybridized carbons (Fsp3) is 0.385. The van der Waals surface area contributed by atoms with Crippen LogP contribution in [0, 0.1) is 0 Å². The molecule has 1 aliphatic rings. The molecule has 32 heavy (non-hydrogen) atoms. The normalized spacial score (nSPS) is 16.2. The zero-order valence-electron chi connectivity index (χ0n) is 18.6. The second-order valence-electron chi connectivity index (χ2n) is 8.24. The number of aliphatic hydroxyl groups is 1. The van der Waals surface area contributed by atoms with Crippen LogP contribution < -0.4 is 9.47 Å². The first-order valence-electron chi connectivity index (χ1n) is 11.2. The number of para-hydroxylation sites is 2. The predicted octanol–water partition coefficient (Wildman–Crippen LogP) is 5.07. The number of nitrogens with one attached hydrogen (secondary N) is 1. The summed E-state index contributed by atoms with van der Waals surface area (Å²) in [6.45, 7) is 6.93. The second kappa shape index (κ2) is 10.9. The average molecular weight is 453 g/mol. The number of ether oxygens (including phenoxy) is 2. The van der Waals surface area contributed by atoms with Gasteiger partial charge < -0.3 is 24.5 Å². The fourth-order valence-electron chi connectivity index (χ4n) is 4.39. The summed E-state index contributed by atoms with van der Waals surface area (Å²) < 4.78 is 11.5. The molecule has 1 fully saturated rings.